The Labute approximate surface area is 140 Å². The molecule has 0 radical (unpaired) electrons. The molecule has 2 nitrogen and oxygen atoms in total. The van der Waals surface area contributed by atoms with Crippen LogP contribution in [0.3, 0.4) is 0 Å². The topological polar surface area (TPSA) is 23.5 Å². The van der Waals surface area contributed by atoms with Crippen LogP contribution in [0.4, 0.5) is 0 Å². The van der Waals surface area contributed by atoms with E-state index in [-0.39, 0.29) is 0 Å². The first kappa shape index (κ1) is 18.9. The van der Waals surface area contributed by atoms with Crippen molar-refractivity contribution in [3.05, 3.63) is 47.0 Å². The summed E-state index contributed by atoms with van der Waals surface area (Å²) >= 11 is 5.75. The van der Waals surface area contributed by atoms with Crippen molar-refractivity contribution in [2.24, 2.45) is 0 Å². The van der Waals surface area contributed by atoms with Gasteiger partial charge in [-0.2, -0.15) is 0 Å². The van der Waals surface area contributed by atoms with Crippen molar-refractivity contribution in [1.82, 2.24) is 4.90 Å². The molecule has 0 aliphatic carbocycles. The minimum atomic E-state index is -0.472. The minimum Gasteiger partial charge on any atom is -0.389 e. The average molecular weight is 320 g/mol. The van der Waals surface area contributed by atoms with Crippen LogP contribution in [0.5, 0.6) is 0 Å². The first-order chi connectivity index (χ1) is 10.2. The number of hydrogen-bond acceptors (Lipinski definition) is 2. The molecule has 22 heavy (non-hydrogen) atoms. The van der Waals surface area contributed by atoms with E-state index < -0.39 is 6.10 Å². The van der Waals surface area contributed by atoms with E-state index in [4.69, 9.17) is 12.2 Å². The van der Waals surface area contributed by atoms with Crippen molar-refractivity contribution in [3.8, 4) is 0 Å². The summed E-state index contributed by atoms with van der Waals surface area (Å²) in [7, 11) is 0. The highest BCUT2D eigenvalue weighted by Gasteiger charge is 2.20. The predicted octanol–water partition coefficient (Wildman–Crippen LogP) is 4.35. The van der Waals surface area contributed by atoms with Gasteiger partial charge in [-0.3, -0.25) is 0 Å². The largest absolute Gasteiger partial charge is 0.389 e. The maximum absolute atomic E-state index is 10.2. The first-order valence-electron chi connectivity index (χ1n) is 7.97. The number of allylic oxidation sites excluding steroid dienone is 1. The Morgan fingerprint density at radius 2 is 1.68 bits per heavy atom. The van der Waals surface area contributed by atoms with Gasteiger partial charge >= 0.3 is 0 Å². The van der Waals surface area contributed by atoms with Crippen LogP contribution in [0.25, 0.3) is 0 Å². The smallest absolute Gasteiger partial charge is 0.109 e. The number of benzene rings is 1. The van der Waals surface area contributed by atoms with E-state index in [0.29, 0.717) is 18.5 Å². The monoisotopic (exact) mass is 319 g/mol. The van der Waals surface area contributed by atoms with Gasteiger partial charge in [-0.05, 0) is 47.1 Å². The van der Waals surface area contributed by atoms with Gasteiger partial charge < -0.3 is 10.0 Å². The zero-order chi connectivity index (χ0) is 16.9. The van der Waals surface area contributed by atoms with Crippen LogP contribution in [0.15, 0.2) is 35.9 Å². The molecule has 0 saturated carbocycles. The number of nitrogens with zero attached hydrogens (tertiary/aromatic N) is 1. The molecule has 0 bridgehead atoms. The zero-order valence-electron chi connectivity index (χ0n) is 14.6. The fourth-order valence-electron chi connectivity index (χ4n) is 2.78. The van der Waals surface area contributed by atoms with Crippen LogP contribution >= 0.6 is 12.2 Å². The Morgan fingerprint density at radius 1 is 1.14 bits per heavy atom. The van der Waals surface area contributed by atoms with E-state index in [1.165, 1.54) is 0 Å². The number of aliphatic hydroxyl groups excluding tert-OH is 1. The predicted molar refractivity (Wildman–Crippen MR) is 99.4 cm³/mol. The summed E-state index contributed by atoms with van der Waals surface area (Å²) < 4.78 is 0. The van der Waals surface area contributed by atoms with Crippen LogP contribution < -0.4 is 0 Å². The van der Waals surface area contributed by atoms with E-state index >= 15 is 0 Å². The van der Waals surface area contributed by atoms with Gasteiger partial charge in [0.2, 0.25) is 0 Å². The highest BCUT2D eigenvalue weighted by molar-refractivity contribution is 7.80. The van der Waals surface area contributed by atoms with Crippen molar-refractivity contribution >= 4 is 17.2 Å². The second-order valence-corrected chi connectivity index (χ2v) is 6.96. The van der Waals surface area contributed by atoms with E-state index in [1.54, 1.807) is 0 Å². The maximum atomic E-state index is 10.2. The van der Waals surface area contributed by atoms with E-state index in [1.807, 2.05) is 32.1 Å². The molecular weight excluding hydrogens is 290 g/mol. The van der Waals surface area contributed by atoms with Crippen molar-refractivity contribution in [3.63, 3.8) is 0 Å². The molecule has 0 amide bonds. The lowest BCUT2D eigenvalue weighted by molar-refractivity contribution is 0.223. The Balaban J connectivity index is 3.10. The summed E-state index contributed by atoms with van der Waals surface area (Å²) in [5.41, 5.74) is 3.28. The second kappa shape index (κ2) is 8.44. The summed E-state index contributed by atoms with van der Waals surface area (Å²) in [6.45, 7) is 12.6. The maximum Gasteiger partial charge on any atom is 0.109 e. The van der Waals surface area contributed by atoms with Crippen molar-refractivity contribution < 1.29 is 5.11 Å². The molecule has 122 valence electrons. The Morgan fingerprint density at radius 3 is 2.18 bits per heavy atom. The van der Waals surface area contributed by atoms with Gasteiger partial charge in [0.25, 0.3) is 0 Å². The standard InChI is InChI=1S/C19H29NOS/c1-13(2)11-17(21)12-16-9-7-8-10-18(16)19(22)20(14(3)4)15(5)6/h7-11,14-15,17,21H,12H2,1-6H3. The molecule has 0 aliphatic heterocycles. The average Bonchev–Trinajstić information content (AvgIpc) is 2.37. The van der Waals surface area contributed by atoms with Gasteiger partial charge in [-0.1, -0.05) is 48.1 Å². The molecule has 1 N–H and O–H groups in total. The molecule has 3 heteroatoms. The first-order valence-corrected chi connectivity index (χ1v) is 8.38. The van der Waals surface area contributed by atoms with Gasteiger partial charge in [0.15, 0.2) is 0 Å². The van der Waals surface area contributed by atoms with E-state index in [2.05, 4.69) is 44.7 Å². The molecule has 0 heterocycles. The number of hydrogen-bond donors (Lipinski definition) is 1. The SMILES string of the molecule is CC(C)=CC(O)Cc1ccccc1C(=S)N(C(C)C)C(C)C. The molecule has 1 rings (SSSR count). The van der Waals surface area contributed by atoms with Crippen LogP contribution in [0, 0.1) is 0 Å². The van der Waals surface area contributed by atoms with Crippen LogP contribution in [0.1, 0.15) is 52.7 Å². The Bertz CT molecular complexity index is 522. The molecule has 1 unspecified atom stereocenters. The molecule has 1 aromatic carbocycles. The van der Waals surface area contributed by atoms with Gasteiger partial charge in [0, 0.05) is 24.1 Å². The number of aliphatic hydroxyl groups is 1. The molecule has 0 aliphatic rings. The lowest BCUT2D eigenvalue weighted by atomic mass is 9.99. The molecule has 0 spiro atoms. The molecule has 0 fully saturated rings. The van der Waals surface area contributed by atoms with Gasteiger partial charge in [0.05, 0.1) is 6.10 Å². The number of rotatable bonds is 6. The summed E-state index contributed by atoms with van der Waals surface area (Å²) in [4.78, 5) is 3.12. The second-order valence-electron chi connectivity index (χ2n) is 6.57. The van der Waals surface area contributed by atoms with Gasteiger partial charge in [-0.15, -0.1) is 0 Å². The van der Waals surface area contributed by atoms with Crippen LogP contribution in [-0.4, -0.2) is 33.2 Å². The summed E-state index contributed by atoms with van der Waals surface area (Å²) in [6, 6.07) is 8.84. The highest BCUT2D eigenvalue weighted by Crippen LogP contribution is 2.19. The Hall–Kier alpha value is -1.19. The lowest BCUT2D eigenvalue weighted by Crippen LogP contribution is -2.41. The number of thiocarbonyl (C=S) groups is 1. The molecule has 1 atom stereocenters. The fraction of sp³-hybridized carbons (Fsp3) is 0.526. The molecule has 1 aromatic rings. The third kappa shape index (κ3) is 5.22. The molecular formula is C19H29NOS. The highest BCUT2D eigenvalue weighted by atomic mass is 32.1. The normalized spacial score (nSPS) is 12.4. The summed E-state index contributed by atoms with van der Waals surface area (Å²) in [6.07, 6.45) is 2.01. The summed E-state index contributed by atoms with van der Waals surface area (Å²) in [5.74, 6) is 0. The van der Waals surface area contributed by atoms with E-state index in [9.17, 15) is 5.11 Å². The zero-order valence-corrected chi connectivity index (χ0v) is 15.4. The van der Waals surface area contributed by atoms with Crippen molar-refractivity contribution in [2.75, 3.05) is 0 Å². The summed E-state index contributed by atoms with van der Waals surface area (Å²) in [5, 5.41) is 10.2. The van der Waals surface area contributed by atoms with Crippen molar-refractivity contribution in [1.29, 1.82) is 0 Å². The van der Waals surface area contributed by atoms with Gasteiger partial charge in [0.1, 0.15) is 4.99 Å². The Kier molecular flexibility index (Phi) is 7.24. The minimum absolute atomic E-state index is 0.350. The van der Waals surface area contributed by atoms with Gasteiger partial charge in [-0.25, -0.2) is 0 Å². The lowest BCUT2D eigenvalue weighted by Gasteiger charge is -2.34. The quantitative estimate of drug-likeness (QED) is 0.623. The van der Waals surface area contributed by atoms with Crippen LogP contribution in [-0.2, 0) is 6.42 Å². The third-order valence-corrected chi connectivity index (χ3v) is 3.98. The fourth-order valence-corrected chi connectivity index (χ4v) is 3.40. The van der Waals surface area contributed by atoms with Crippen molar-refractivity contribution in [2.45, 2.75) is 66.2 Å². The van der Waals surface area contributed by atoms with Crippen LogP contribution in [0.2, 0.25) is 0 Å². The molecule has 0 aromatic heterocycles. The molecule has 0 saturated heterocycles. The van der Waals surface area contributed by atoms with E-state index in [0.717, 1.165) is 21.7 Å². The third-order valence-electron chi connectivity index (χ3n) is 3.55.